The number of non-ortho nitro benzene ring substituents is 1. The quantitative estimate of drug-likeness (QED) is 0.136. The zero-order valence-electron chi connectivity index (χ0n) is 18.5. The summed E-state index contributed by atoms with van der Waals surface area (Å²) in [7, 11) is 0. The highest BCUT2D eigenvalue weighted by atomic mass is 16.7. The third kappa shape index (κ3) is 6.03. The van der Waals surface area contributed by atoms with Gasteiger partial charge in [0.25, 0.3) is 5.69 Å². The number of hydrogen-bond donors (Lipinski definition) is 7. The average Bonchev–Trinajstić information content (AvgIpc) is 2.82. The first-order valence-corrected chi connectivity index (χ1v) is 10.7. The first-order valence-electron chi connectivity index (χ1n) is 10.7. The van der Waals surface area contributed by atoms with Crippen LogP contribution in [0.4, 0.5) is 5.69 Å². The molecular formula is C20H28N2O13. The zero-order valence-corrected chi connectivity index (χ0v) is 18.5. The molecule has 196 valence electrons. The summed E-state index contributed by atoms with van der Waals surface area (Å²) in [5.74, 6) is -0.497. The zero-order chi connectivity index (χ0) is 25.9. The van der Waals surface area contributed by atoms with Crippen molar-refractivity contribution in [1.82, 2.24) is 5.32 Å². The molecule has 15 nitrogen and oxygen atoms in total. The number of nitrogens with zero attached hydrogens (tertiary/aromatic N) is 1. The first-order chi connectivity index (χ1) is 16.6. The van der Waals surface area contributed by atoms with Crippen molar-refractivity contribution in [3.8, 4) is 5.75 Å². The third-order valence-corrected chi connectivity index (χ3v) is 5.66. The molecule has 2 aliphatic rings. The molecule has 2 fully saturated rings. The lowest BCUT2D eigenvalue weighted by Crippen LogP contribution is -2.68. The number of aliphatic hydroxyl groups is 6. The molecule has 15 heteroatoms. The van der Waals surface area contributed by atoms with Crippen molar-refractivity contribution in [2.24, 2.45) is 0 Å². The number of carbonyl (C=O) groups is 1. The molecule has 10 atom stereocenters. The van der Waals surface area contributed by atoms with E-state index in [0.717, 1.165) is 0 Å². The van der Waals surface area contributed by atoms with Gasteiger partial charge in [-0.3, -0.25) is 14.9 Å². The Morgan fingerprint density at radius 2 is 1.54 bits per heavy atom. The van der Waals surface area contributed by atoms with E-state index in [1.807, 2.05) is 0 Å². The van der Waals surface area contributed by atoms with Crippen LogP contribution >= 0.6 is 0 Å². The molecule has 0 spiro atoms. The van der Waals surface area contributed by atoms with Gasteiger partial charge in [0.05, 0.1) is 18.1 Å². The molecule has 2 heterocycles. The predicted octanol–water partition coefficient (Wildman–Crippen LogP) is -3.26. The van der Waals surface area contributed by atoms with Gasteiger partial charge < -0.3 is 54.9 Å². The summed E-state index contributed by atoms with van der Waals surface area (Å²) in [5.41, 5.74) is -0.201. The fourth-order valence-electron chi connectivity index (χ4n) is 3.83. The SMILES string of the molecule is CC(=O)NC1C(O[C@H]2OC(CO)[C@H](O)C(O)C2O)[C@@H](O)C(CO)O[C@@H]1Oc1ccc([N+](=O)[O-])cc1. The van der Waals surface area contributed by atoms with Gasteiger partial charge in [-0.1, -0.05) is 0 Å². The molecule has 35 heavy (non-hydrogen) atoms. The predicted molar refractivity (Wildman–Crippen MR) is 112 cm³/mol. The Labute approximate surface area is 198 Å². The molecular weight excluding hydrogens is 476 g/mol. The highest BCUT2D eigenvalue weighted by Crippen LogP contribution is 2.31. The standard InChI is InChI=1S/C20H28N2O13/c1-8(25)21-13-18(35-20-17(29)16(28)14(26)11(6-23)34-20)15(27)12(7-24)33-19(13)32-10-4-2-9(3-5-10)22(30)31/h2-5,11-20,23-24,26-29H,6-7H2,1H3,(H,21,25)/t11?,12?,13?,14-,15-,16?,17?,18?,19-,20+/m0/s1. The molecule has 0 saturated carbocycles. The molecule has 2 aliphatic heterocycles. The fourth-order valence-corrected chi connectivity index (χ4v) is 3.83. The van der Waals surface area contributed by atoms with Crippen LogP contribution in [0.3, 0.4) is 0 Å². The van der Waals surface area contributed by atoms with E-state index < -0.39 is 85.4 Å². The molecule has 0 bridgehead atoms. The van der Waals surface area contributed by atoms with Crippen LogP contribution < -0.4 is 10.1 Å². The number of nitro groups is 1. The van der Waals surface area contributed by atoms with Gasteiger partial charge in [0, 0.05) is 19.1 Å². The number of carbonyl (C=O) groups excluding carboxylic acids is 1. The van der Waals surface area contributed by atoms with Gasteiger partial charge in [0.2, 0.25) is 12.2 Å². The van der Waals surface area contributed by atoms with E-state index in [2.05, 4.69) is 5.32 Å². The second-order valence-corrected chi connectivity index (χ2v) is 8.11. The second kappa shape index (κ2) is 11.5. The van der Waals surface area contributed by atoms with Crippen molar-refractivity contribution in [2.75, 3.05) is 13.2 Å². The third-order valence-electron chi connectivity index (χ3n) is 5.66. The van der Waals surface area contributed by atoms with E-state index in [0.29, 0.717) is 0 Å². The van der Waals surface area contributed by atoms with Gasteiger partial charge in [-0.05, 0) is 12.1 Å². The van der Waals surface area contributed by atoms with Gasteiger partial charge in [0.15, 0.2) is 6.29 Å². The molecule has 6 unspecified atom stereocenters. The van der Waals surface area contributed by atoms with Crippen LogP contribution in [0.25, 0.3) is 0 Å². The highest BCUT2D eigenvalue weighted by molar-refractivity contribution is 5.73. The van der Waals surface area contributed by atoms with E-state index in [1.54, 1.807) is 0 Å². The van der Waals surface area contributed by atoms with Crippen LogP contribution in [0.5, 0.6) is 5.75 Å². The van der Waals surface area contributed by atoms with Crippen molar-refractivity contribution in [2.45, 2.75) is 68.3 Å². The van der Waals surface area contributed by atoms with Crippen LogP contribution in [-0.4, -0.2) is 116 Å². The Balaban J connectivity index is 1.88. The minimum absolute atomic E-state index is 0.0932. The molecule has 1 amide bonds. The number of benzene rings is 1. The highest BCUT2D eigenvalue weighted by Gasteiger charge is 2.52. The number of nitro benzene ring substituents is 1. The maximum absolute atomic E-state index is 11.9. The van der Waals surface area contributed by atoms with Gasteiger partial charge in [-0.25, -0.2) is 0 Å². The smallest absolute Gasteiger partial charge is 0.269 e. The van der Waals surface area contributed by atoms with Crippen molar-refractivity contribution in [3.63, 3.8) is 0 Å². The van der Waals surface area contributed by atoms with Gasteiger partial charge >= 0.3 is 0 Å². The van der Waals surface area contributed by atoms with Crippen molar-refractivity contribution in [3.05, 3.63) is 34.4 Å². The fraction of sp³-hybridized carbons (Fsp3) is 0.650. The lowest BCUT2D eigenvalue weighted by Gasteiger charge is -2.47. The summed E-state index contributed by atoms with van der Waals surface area (Å²) in [6, 6.07) is 3.63. The molecule has 2 saturated heterocycles. The maximum Gasteiger partial charge on any atom is 0.269 e. The Kier molecular flexibility index (Phi) is 8.92. The number of nitrogens with one attached hydrogen (secondary N) is 1. The topological polar surface area (TPSA) is 231 Å². The molecule has 0 aromatic heterocycles. The number of hydrogen-bond acceptors (Lipinski definition) is 13. The number of amides is 1. The largest absolute Gasteiger partial charge is 0.463 e. The second-order valence-electron chi connectivity index (χ2n) is 8.11. The monoisotopic (exact) mass is 504 g/mol. The number of aliphatic hydroxyl groups excluding tert-OH is 6. The summed E-state index contributed by atoms with van der Waals surface area (Å²) in [6.07, 6.45) is -13.9. The van der Waals surface area contributed by atoms with Gasteiger partial charge in [-0.15, -0.1) is 0 Å². The van der Waals surface area contributed by atoms with Crippen LogP contribution in [0.15, 0.2) is 24.3 Å². The number of ether oxygens (including phenoxy) is 4. The van der Waals surface area contributed by atoms with Gasteiger partial charge in [0.1, 0.15) is 54.5 Å². The minimum Gasteiger partial charge on any atom is -0.463 e. The molecule has 0 radical (unpaired) electrons. The molecule has 1 aromatic carbocycles. The van der Waals surface area contributed by atoms with Crippen LogP contribution in [0.1, 0.15) is 6.92 Å². The van der Waals surface area contributed by atoms with Crippen LogP contribution in [0, 0.1) is 10.1 Å². The van der Waals surface area contributed by atoms with E-state index in [4.69, 9.17) is 18.9 Å². The van der Waals surface area contributed by atoms with E-state index in [-0.39, 0.29) is 11.4 Å². The summed E-state index contributed by atoms with van der Waals surface area (Å²) >= 11 is 0. The summed E-state index contributed by atoms with van der Waals surface area (Å²) < 4.78 is 22.3. The van der Waals surface area contributed by atoms with Crippen molar-refractivity contribution >= 4 is 11.6 Å². The van der Waals surface area contributed by atoms with E-state index >= 15 is 0 Å². The first kappa shape index (κ1) is 27.1. The van der Waals surface area contributed by atoms with E-state index in [9.17, 15) is 45.5 Å². The Hall–Kier alpha value is -2.47. The molecule has 3 rings (SSSR count). The summed E-state index contributed by atoms with van der Waals surface area (Å²) in [6.45, 7) is -0.262. The van der Waals surface area contributed by atoms with Gasteiger partial charge in [-0.2, -0.15) is 0 Å². The normalized spacial score (nSPS) is 37.5. The maximum atomic E-state index is 11.9. The molecule has 1 aromatic rings. The summed E-state index contributed by atoms with van der Waals surface area (Å²) in [4.78, 5) is 22.2. The van der Waals surface area contributed by atoms with Crippen molar-refractivity contribution < 1.29 is 59.3 Å². The Bertz CT molecular complexity index is 869. The van der Waals surface area contributed by atoms with Crippen molar-refractivity contribution in [1.29, 1.82) is 0 Å². The molecule has 0 aliphatic carbocycles. The lowest BCUT2D eigenvalue weighted by atomic mass is 9.95. The number of rotatable bonds is 8. The Morgan fingerprint density at radius 3 is 2.09 bits per heavy atom. The van der Waals surface area contributed by atoms with E-state index in [1.165, 1.54) is 31.2 Å². The molecule has 7 N–H and O–H groups in total. The van der Waals surface area contributed by atoms with Crippen LogP contribution in [-0.2, 0) is 19.0 Å². The lowest BCUT2D eigenvalue weighted by molar-refractivity contribution is -0.384. The Morgan fingerprint density at radius 1 is 0.971 bits per heavy atom. The minimum atomic E-state index is -1.80. The van der Waals surface area contributed by atoms with Crippen LogP contribution in [0.2, 0.25) is 0 Å². The summed E-state index contributed by atoms with van der Waals surface area (Å²) in [5, 5.41) is 73.6. The average molecular weight is 504 g/mol.